The molecule has 0 radical (unpaired) electrons. The number of Topliss-reactive ketones (excluding diaryl/α,β-unsaturated/α-hetero) is 1. The number of aromatic nitrogens is 2. The molecule has 0 spiro atoms. The number of H-pyrrole nitrogens is 1. The molecule has 0 aromatic carbocycles. The minimum Gasteiger partial charge on any atom is -0.293 e. The van der Waals surface area contributed by atoms with Crippen molar-refractivity contribution in [3.05, 3.63) is 20.5 Å². The largest absolute Gasteiger partial charge is 0.293 e. The lowest BCUT2D eigenvalue weighted by Gasteiger charge is -1.87. The fourth-order valence-electron chi connectivity index (χ4n) is 0.755. The highest BCUT2D eigenvalue weighted by Gasteiger charge is 2.12. The summed E-state index contributed by atoms with van der Waals surface area (Å²) < 4.78 is 1.55. The molecule has 0 fully saturated rings. The maximum atomic E-state index is 11.0. The van der Waals surface area contributed by atoms with E-state index in [1.54, 1.807) is 7.05 Å². The maximum Gasteiger partial charge on any atom is 0.281 e. The summed E-state index contributed by atoms with van der Waals surface area (Å²) in [6.07, 6.45) is 0. The fourth-order valence-corrected chi connectivity index (χ4v) is 1.39. The van der Waals surface area contributed by atoms with Crippen molar-refractivity contribution in [2.24, 2.45) is 7.05 Å². The Morgan fingerprint density at radius 2 is 2.18 bits per heavy atom. The van der Waals surface area contributed by atoms with Crippen molar-refractivity contribution in [3.8, 4) is 0 Å². The van der Waals surface area contributed by atoms with Crippen molar-refractivity contribution in [1.82, 2.24) is 9.78 Å². The van der Waals surface area contributed by atoms with E-state index in [4.69, 9.17) is 0 Å². The Morgan fingerprint density at radius 1 is 1.64 bits per heavy atom. The van der Waals surface area contributed by atoms with Crippen molar-refractivity contribution < 1.29 is 4.79 Å². The average Bonchev–Trinajstić information content (AvgIpc) is 2.17. The summed E-state index contributed by atoms with van der Waals surface area (Å²) in [7, 11) is 1.56. The van der Waals surface area contributed by atoms with Crippen LogP contribution in [0, 0.1) is 0 Å². The standard InChI is InChI=1S/C6H7BrN2O2/c1-3(10)5-4(7)6(11)9(2)8-5/h8H,1-2H3. The molecule has 0 unspecified atom stereocenters. The minimum atomic E-state index is -0.227. The average molecular weight is 219 g/mol. The lowest BCUT2D eigenvalue weighted by atomic mass is 10.3. The van der Waals surface area contributed by atoms with Gasteiger partial charge in [0, 0.05) is 14.0 Å². The Hall–Kier alpha value is -0.840. The van der Waals surface area contributed by atoms with Crippen LogP contribution in [0.4, 0.5) is 0 Å². The quantitative estimate of drug-likeness (QED) is 0.706. The molecule has 0 saturated heterocycles. The molecule has 0 atom stereocenters. The number of aryl methyl sites for hydroxylation is 1. The van der Waals surface area contributed by atoms with Gasteiger partial charge in [0.25, 0.3) is 5.56 Å². The lowest BCUT2D eigenvalue weighted by molar-refractivity contribution is 0.101. The first-order chi connectivity index (χ1) is 5.04. The van der Waals surface area contributed by atoms with Crippen LogP contribution in [0.2, 0.25) is 0 Å². The molecule has 0 aliphatic rings. The molecule has 0 bridgehead atoms. The molecule has 0 aliphatic carbocycles. The zero-order valence-electron chi connectivity index (χ0n) is 6.14. The second-order valence-electron chi connectivity index (χ2n) is 2.22. The van der Waals surface area contributed by atoms with Crippen LogP contribution in [-0.4, -0.2) is 15.6 Å². The number of nitrogens with zero attached hydrogens (tertiary/aromatic N) is 1. The van der Waals surface area contributed by atoms with Crippen LogP contribution < -0.4 is 5.56 Å². The van der Waals surface area contributed by atoms with Crippen molar-refractivity contribution in [3.63, 3.8) is 0 Å². The normalized spacial score (nSPS) is 10.1. The Balaban J connectivity index is 3.42. The molecule has 4 nitrogen and oxygen atoms in total. The van der Waals surface area contributed by atoms with Gasteiger partial charge in [-0.2, -0.15) is 0 Å². The van der Waals surface area contributed by atoms with Crippen LogP contribution >= 0.6 is 15.9 Å². The van der Waals surface area contributed by atoms with E-state index in [0.29, 0.717) is 10.2 Å². The number of ketones is 1. The smallest absolute Gasteiger partial charge is 0.281 e. The number of hydrogen-bond donors (Lipinski definition) is 1. The molecule has 0 aliphatic heterocycles. The van der Waals surface area contributed by atoms with E-state index < -0.39 is 0 Å². The molecule has 1 rings (SSSR count). The molecule has 5 heteroatoms. The summed E-state index contributed by atoms with van der Waals surface area (Å²) in [6.45, 7) is 1.40. The SMILES string of the molecule is CC(=O)c1[nH]n(C)c(=O)c1Br. The van der Waals surface area contributed by atoms with Gasteiger partial charge in [-0.25, -0.2) is 0 Å². The predicted octanol–water partition coefficient (Wildman–Crippen LogP) is 0.679. The second kappa shape index (κ2) is 2.65. The van der Waals surface area contributed by atoms with Gasteiger partial charge >= 0.3 is 0 Å². The summed E-state index contributed by atoms with van der Waals surface area (Å²) in [4.78, 5) is 21.8. The van der Waals surface area contributed by atoms with Gasteiger partial charge in [0.2, 0.25) is 0 Å². The number of hydrogen-bond acceptors (Lipinski definition) is 2. The van der Waals surface area contributed by atoms with Gasteiger partial charge in [-0.1, -0.05) is 0 Å². The molecule has 11 heavy (non-hydrogen) atoms. The highest BCUT2D eigenvalue weighted by molar-refractivity contribution is 9.10. The third kappa shape index (κ3) is 1.28. The van der Waals surface area contributed by atoms with E-state index in [1.807, 2.05) is 0 Å². The van der Waals surface area contributed by atoms with E-state index >= 15 is 0 Å². The molecule has 1 N–H and O–H groups in total. The van der Waals surface area contributed by atoms with E-state index in [-0.39, 0.29) is 11.3 Å². The topological polar surface area (TPSA) is 54.9 Å². The summed E-state index contributed by atoms with van der Waals surface area (Å²) >= 11 is 3.02. The van der Waals surface area contributed by atoms with Gasteiger partial charge in [-0.3, -0.25) is 19.4 Å². The molecule has 1 aromatic rings. The predicted molar refractivity (Wildman–Crippen MR) is 43.7 cm³/mol. The summed E-state index contributed by atoms with van der Waals surface area (Å²) in [6, 6.07) is 0. The van der Waals surface area contributed by atoms with Crippen LogP contribution in [0.25, 0.3) is 0 Å². The minimum absolute atomic E-state index is 0.158. The first-order valence-corrected chi connectivity index (χ1v) is 3.78. The van der Waals surface area contributed by atoms with E-state index in [9.17, 15) is 9.59 Å². The van der Waals surface area contributed by atoms with Gasteiger partial charge in [-0.05, 0) is 15.9 Å². The molecule has 0 amide bonds. The Kier molecular flexibility index (Phi) is 1.99. The van der Waals surface area contributed by atoms with Crippen LogP contribution in [0.5, 0.6) is 0 Å². The number of carbonyl (C=O) groups excluding carboxylic acids is 1. The van der Waals surface area contributed by atoms with Gasteiger partial charge in [0.05, 0.1) is 0 Å². The Bertz CT molecular complexity index is 350. The lowest BCUT2D eigenvalue weighted by Crippen LogP contribution is -2.11. The number of halogens is 1. The first-order valence-electron chi connectivity index (χ1n) is 2.99. The fraction of sp³-hybridized carbons (Fsp3) is 0.333. The van der Waals surface area contributed by atoms with Gasteiger partial charge in [0.15, 0.2) is 5.78 Å². The Labute approximate surface area is 71.3 Å². The summed E-state index contributed by atoms with van der Waals surface area (Å²) in [5.74, 6) is -0.158. The number of aromatic amines is 1. The first kappa shape index (κ1) is 8.26. The van der Waals surface area contributed by atoms with Gasteiger partial charge < -0.3 is 0 Å². The van der Waals surface area contributed by atoms with E-state index in [2.05, 4.69) is 21.0 Å². The molecule has 60 valence electrons. The molecule has 0 saturated carbocycles. The summed E-state index contributed by atoms with van der Waals surface area (Å²) in [5.41, 5.74) is 0.0905. The van der Waals surface area contributed by atoms with Crippen LogP contribution in [0.15, 0.2) is 9.27 Å². The zero-order valence-corrected chi connectivity index (χ0v) is 7.73. The molecular weight excluding hydrogens is 212 g/mol. The maximum absolute atomic E-state index is 11.0. The number of carbonyl (C=O) groups is 1. The second-order valence-corrected chi connectivity index (χ2v) is 3.01. The third-order valence-electron chi connectivity index (χ3n) is 1.34. The summed E-state index contributed by atoms with van der Waals surface area (Å²) in [5, 5.41) is 2.62. The van der Waals surface area contributed by atoms with Gasteiger partial charge in [-0.15, -0.1) is 0 Å². The van der Waals surface area contributed by atoms with Gasteiger partial charge in [0.1, 0.15) is 10.2 Å². The number of nitrogens with one attached hydrogen (secondary N) is 1. The Morgan fingerprint density at radius 3 is 2.36 bits per heavy atom. The highest BCUT2D eigenvalue weighted by atomic mass is 79.9. The van der Waals surface area contributed by atoms with E-state index in [0.717, 1.165) is 0 Å². The molecule has 1 aromatic heterocycles. The van der Waals surface area contributed by atoms with Crippen molar-refractivity contribution in [1.29, 1.82) is 0 Å². The molecule has 1 heterocycles. The van der Waals surface area contributed by atoms with E-state index in [1.165, 1.54) is 11.6 Å². The van der Waals surface area contributed by atoms with Crippen LogP contribution in [-0.2, 0) is 7.05 Å². The third-order valence-corrected chi connectivity index (χ3v) is 2.08. The molecular formula is C6H7BrN2O2. The van der Waals surface area contributed by atoms with Crippen molar-refractivity contribution >= 4 is 21.7 Å². The van der Waals surface area contributed by atoms with Crippen molar-refractivity contribution in [2.45, 2.75) is 6.92 Å². The van der Waals surface area contributed by atoms with Crippen LogP contribution in [0.3, 0.4) is 0 Å². The van der Waals surface area contributed by atoms with Crippen LogP contribution in [0.1, 0.15) is 17.4 Å². The van der Waals surface area contributed by atoms with Crippen molar-refractivity contribution in [2.75, 3.05) is 0 Å². The highest BCUT2D eigenvalue weighted by Crippen LogP contribution is 2.08. The number of rotatable bonds is 1. The monoisotopic (exact) mass is 218 g/mol. The zero-order chi connectivity index (χ0) is 8.59.